The Bertz CT molecular complexity index is 964. The number of halogens is 2. The maximum absolute atomic E-state index is 13.9. The van der Waals surface area contributed by atoms with Gasteiger partial charge in [0, 0.05) is 11.6 Å². The molecule has 3 aromatic rings. The Kier molecular flexibility index (Phi) is 5.98. The molecule has 0 bridgehead atoms. The smallest absolute Gasteiger partial charge is 0.233 e. The van der Waals surface area contributed by atoms with Crippen molar-refractivity contribution in [1.82, 2.24) is 20.2 Å². The Morgan fingerprint density at radius 1 is 1.26 bits per heavy atom. The molecule has 27 heavy (non-hydrogen) atoms. The molecular formula is C18H17ClFN5OS. The van der Waals surface area contributed by atoms with E-state index in [1.54, 1.807) is 31.2 Å². The van der Waals surface area contributed by atoms with Gasteiger partial charge < -0.3 is 11.2 Å². The van der Waals surface area contributed by atoms with E-state index < -0.39 is 11.1 Å². The number of nitrogens with one attached hydrogen (secondary N) is 1. The lowest BCUT2D eigenvalue weighted by Gasteiger charge is -2.12. The summed E-state index contributed by atoms with van der Waals surface area (Å²) < 4.78 is 15.1. The fourth-order valence-corrected chi connectivity index (χ4v) is 3.36. The summed E-state index contributed by atoms with van der Waals surface area (Å²) in [6.45, 7) is 2.04. The van der Waals surface area contributed by atoms with Crippen LogP contribution in [0.2, 0.25) is 5.02 Å². The lowest BCUT2D eigenvalue weighted by atomic mass is 10.2. The molecular weight excluding hydrogens is 389 g/mol. The van der Waals surface area contributed by atoms with Crippen LogP contribution in [0.4, 0.5) is 4.39 Å². The van der Waals surface area contributed by atoms with E-state index in [0.29, 0.717) is 16.7 Å². The van der Waals surface area contributed by atoms with E-state index in [1.165, 1.54) is 10.7 Å². The SMILES string of the molecule is C[C@H](Sc1nnc(-c2ccccc2F)n1N)C(=O)NCc1ccccc1Cl. The first-order valence-electron chi connectivity index (χ1n) is 8.10. The Morgan fingerprint density at radius 3 is 2.70 bits per heavy atom. The maximum atomic E-state index is 13.9. The third-order valence-electron chi connectivity index (χ3n) is 3.84. The number of hydrogen-bond donors (Lipinski definition) is 2. The van der Waals surface area contributed by atoms with Gasteiger partial charge in [0.25, 0.3) is 0 Å². The molecule has 0 radical (unpaired) electrons. The zero-order valence-corrected chi connectivity index (χ0v) is 16.0. The molecule has 9 heteroatoms. The number of benzene rings is 2. The van der Waals surface area contributed by atoms with Crippen LogP contribution in [0.25, 0.3) is 11.4 Å². The largest absolute Gasteiger partial charge is 0.351 e. The number of rotatable bonds is 6. The van der Waals surface area contributed by atoms with E-state index in [1.807, 2.05) is 18.2 Å². The Balaban J connectivity index is 1.66. The summed E-state index contributed by atoms with van der Waals surface area (Å²) in [6, 6.07) is 13.4. The number of hydrogen-bond acceptors (Lipinski definition) is 5. The van der Waals surface area contributed by atoms with Crippen LogP contribution in [-0.4, -0.2) is 26.0 Å². The van der Waals surface area contributed by atoms with Crippen LogP contribution in [0, 0.1) is 5.82 Å². The summed E-state index contributed by atoms with van der Waals surface area (Å²) in [5.41, 5.74) is 1.07. The molecule has 140 valence electrons. The van der Waals surface area contributed by atoms with Crippen LogP contribution in [0.3, 0.4) is 0 Å². The summed E-state index contributed by atoms with van der Waals surface area (Å²) in [5.74, 6) is 5.54. The first-order chi connectivity index (χ1) is 13.0. The van der Waals surface area contributed by atoms with Gasteiger partial charge in [-0.2, -0.15) is 0 Å². The molecule has 0 unspecified atom stereocenters. The maximum Gasteiger partial charge on any atom is 0.233 e. The van der Waals surface area contributed by atoms with Crippen LogP contribution < -0.4 is 11.2 Å². The molecule has 0 saturated heterocycles. The fourth-order valence-electron chi connectivity index (χ4n) is 2.36. The fraction of sp³-hybridized carbons (Fsp3) is 0.167. The highest BCUT2D eigenvalue weighted by Crippen LogP contribution is 2.26. The topological polar surface area (TPSA) is 85.8 Å². The van der Waals surface area contributed by atoms with Gasteiger partial charge in [0.1, 0.15) is 5.82 Å². The normalized spacial score (nSPS) is 12.0. The van der Waals surface area contributed by atoms with Crippen LogP contribution in [-0.2, 0) is 11.3 Å². The van der Waals surface area contributed by atoms with Gasteiger partial charge in [-0.15, -0.1) is 10.2 Å². The van der Waals surface area contributed by atoms with Gasteiger partial charge in [-0.05, 0) is 30.7 Å². The number of carbonyl (C=O) groups is 1. The molecule has 0 fully saturated rings. The molecule has 1 amide bonds. The number of nitrogen functional groups attached to an aromatic ring is 1. The molecule has 0 spiro atoms. The van der Waals surface area contributed by atoms with Crippen molar-refractivity contribution in [1.29, 1.82) is 0 Å². The zero-order chi connectivity index (χ0) is 19.4. The second-order valence-corrected chi connectivity index (χ2v) is 7.44. The van der Waals surface area contributed by atoms with E-state index in [2.05, 4.69) is 15.5 Å². The molecule has 3 rings (SSSR count). The van der Waals surface area contributed by atoms with Crippen molar-refractivity contribution in [3.05, 3.63) is 64.9 Å². The molecule has 0 aliphatic carbocycles. The summed E-state index contributed by atoms with van der Waals surface area (Å²) in [7, 11) is 0. The van der Waals surface area contributed by atoms with E-state index in [0.717, 1.165) is 17.3 Å². The van der Waals surface area contributed by atoms with Gasteiger partial charge in [-0.1, -0.05) is 53.7 Å². The second kappa shape index (κ2) is 8.41. The van der Waals surface area contributed by atoms with Gasteiger partial charge in [-0.3, -0.25) is 4.79 Å². The van der Waals surface area contributed by atoms with E-state index in [9.17, 15) is 9.18 Å². The zero-order valence-electron chi connectivity index (χ0n) is 14.4. The van der Waals surface area contributed by atoms with Crippen LogP contribution >= 0.6 is 23.4 Å². The minimum atomic E-state index is -0.479. The number of carbonyl (C=O) groups excluding carboxylic acids is 1. The molecule has 0 aliphatic heterocycles. The minimum absolute atomic E-state index is 0.194. The molecule has 0 saturated carbocycles. The van der Waals surface area contributed by atoms with Crippen molar-refractivity contribution in [3.63, 3.8) is 0 Å². The lowest BCUT2D eigenvalue weighted by molar-refractivity contribution is -0.120. The summed E-state index contributed by atoms with van der Waals surface area (Å²) in [6.07, 6.45) is 0. The van der Waals surface area contributed by atoms with Gasteiger partial charge in [0.15, 0.2) is 5.82 Å². The molecule has 3 N–H and O–H groups in total. The quantitative estimate of drug-likeness (QED) is 0.485. The highest BCUT2D eigenvalue weighted by atomic mass is 35.5. The van der Waals surface area contributed by atoms with Gasteiger partial charge in [-0.25, -0.2) is 9.07 Å². The van der Waals surface area contributed by atoms with Crippen molar-refractivity contribution in [2.45, 2.75) is 23.9 Å². The Labute approximate surface area is 164 Å². The second-order valence-electron chi connectivity index (χ2n) is 5.73. The molecule has 0 aliphatic rings. The van der Waals surface area contributed by atoms with Crippen molar-refractivity contribution < 1.29 is 9.18 Å². The predicted octanol–water partition coefficient (Wildman–Crippen LogP) is 3.25. The Morgan fingerprint density at radius 2 is 1.96 bits per heavy atom. The van der Waals surface area contributed by atoms with E-state index in [-0.39, 0.29) is 17.3 Å². The summed E-state index contributed by atoms with van der Waals surface area (Å²) in [5, 5.41) is 11.2. The van der Waals surface area contributed by atoms with E-state index in [4.69, 9.17) is 17.4 Å². The van der Waals surface area contributed by atoms with Gasteiger partial charge in [0.05, 0.1) is 10.8 Å². The molecule has 6 nitrogen and oxygen atoms in total. The average Bonchev–Trinajstić information content (AvgIpc) is 3.01. The average molecular weight is 406 g/mol. The first-order valence-corrected chi connectivity index (χ1v) is 9.36. The van der Waals surface area contributed by atoms with Crippen molar-refractivity contribution in [2.75, 3.05) is 5.84 Å². The third kappa shape index (κ3) is 4.40. The highest BCUT2D eigenvalue weighted by molar-refractivity contribution is 8.00. The number of aromatic nitrogens is 3. The van der Waals surface area contributed by atoms with Crippen molar-refractivity contribution >= 4 is 29.3 Å². The Hall–Kier alpha value is -2.58. The number of nitrogens with zero attached hydrogens (tertiary/aromatic N) is 3. The van der Waals surface area contributed by atoms with Gasteiger partial charge in [0.2, 0.25) is 11.1 Å². The minimum Gasteiger partial charge on any atom is -0.351 e. The first kappa shape index (κ1) is 19.2. The lowest BCUT2D eigenvalue weighted by Crippen LogP contribution is -2.31. The monoisotopic (exact) mass is 405 g/mol. The summed E-state index contributed by atoms with van der Waals surface area (Å²) in [4.78, 5) is 12.3. The number of nitrogens with two attached hydrogens (primary N) is 1. The standard InChI is InChI=1S/C18H17ClFN5OS/c1-11(17(26)22-10-12-6-2-4-8-14(12)19)27-18-24-23-16(25(18)21)13-7-3-5-9-15(13)20/h2-9,11H,10,21H2,1H3,(H,22,26)/t11-/m0/s1. The molecule has 1 atom stereocenters. The van der Waals surface area contributed by atoms with Gasteiger partial charge >= 0.3 is 0 Å². The molecule has 2 aromatic carbocycles. The molecule has 1 aromatic heterocycles. The third-order valence-corrected chi connectivity index (χ3v) is 5.27. The number of thioether (sulfide) groups is 1. The van der Waals surface area contributed by atoms with Crippen LogP contribution in [0.1, 0.15) is 12.5 Å². The molecule has 1 heterocycles. The number of amides is 1. The predicted molar refractivity (Wildman–Crippen MR) is 104 cm³/mol. The summed E-state index contributed by atoms with van der Waals surface area (Å²) >= 11 is 7.22. The van der Waals surface area contributed by atoms with E-state index >= 15 is 0 Å². The van der Waals surface area contributed by atoms with Crippen LogP contribution in [0.5, 0.6) is 0 Å². The van der Waals surface area contributed by atoms with Crippen LogP contribution in [0.15, 0.2) is 53.7 Å². The van der Waals surface area contributed by atoms with Crippen molar-refractivity contribution in [3.8, 4) is 11.4 Å². The van der Waals surface area contributed by atoms with Crippen molar-refractivity contribution in [2.24, 2.45) is 0 Å². The highest BCUT2D eigenvalue weighted by Gasteiger charge is 2.21.